The Hall–Kier alpha value is -1.78. The van der Waals surface area contributed by atoms with E-state index in [1.165, 1.54) is 12.1 Å². The first-order valence-electron chi connectivity index (χ1n) is 6.44. The first-order valence-corrected chi connectivity index (χ1v) is 6.44. The van der Waals surface area contributed by atoms with Gasteiger partial charge in [-0.2, -0.15) is 18.4 Å². The predicted molar refractivity (Wildman–Crippen MR) is 68.9 cm³/mol. The molecule has 4 nitrogen and oxygen atoms in total. The average molecular weight is 300 g/mol. The maximum Gasteiger partial charge on any atom is 0.420 e. The number of nitriles is 1. The Morgan fingerprint density at radius 3 is 2.86 bits per heavy atom. The highest BCUT2D eigenvalue weighted by Crippen LogP contribution is 2.36. The lowest BCUT2D eigenvalue weighted by atomic mass is 10.1. The molecule has 0 aromatic heterocycles. The zero-order chi connectivity index (χ0) is 15.5. The number of morpholine rings is 1. The molecule has 0 amide bonds. The van der Waals surface area contributed by atoms with E-state index >= 15 is 0 Å². The molecule has 1 atom stereocenters. The third-order valence-corrected chi connectivity index (χ3v) is 3.18. The summed E-state index contributed by atoms with van der Waals surface area (Å²) in [4.78, 5) is 2.03. The minimum Gasteiger partial charge on any atom is -0.490 e. The molecular formula is C14H15F3N2O2. The van der Waals surface area contributed by atoms with Crippen LogP contribution in [0.15, 0.2) is 18.2 Å². The van der Waals surface area contributed by atoms with Crippen molar-refractivity contribution in [2.75, 3.05) is 33.4 Å². The van der Waals surface area contributed by atoms with Crippen molar-refractivity contribution in [3.63, 3.8) is 0 Å². The van der Waals surface area contributed by atoms with Crippen LogP contribution in [0.1, 0.15) is 11.1 Å². The van der Waals surface area contributed by atoms with E-state index in [-0.39, 0.29) is 24.0 Å². The Bertz CT molecular complexity index is 540. The lowest BCUT2D eigenvalue weighted by Gasteiger charge is -2.30. The molecule has 0 saturated carbocycles. The summed E-state index contributed by atoms with van der Waals surface area (Å²) in [7, 11) is 1.92. The second-order valence-electron chi connectivity index (χ2n) is 4.89. The number of hydrogen-bond donors (Lipinski definition) is 0. The van der Waals surface area contributed by atoms with Crippen LogP contribution in [-0.4, -0.2) is 44.4 Å². The molecule has 1 aliphatic rings. The van der Waals surface area contributed by atoms with E-state index in [9.17, 15) is 13.2 Å². The van der Waals surface area contributed by atoms with Crippen LogP contribution in [0.2, 0.25) is 0 Å². The number of alkyl halides is 3. The lowest BCUT2D eigenvalue weighted by Crippen LogP contribution is -2.42. The van der Waals surface area contributed by atoms with Gasteiger partial charge < -0.3 is 14.4 Å². The van der Waals surface area contributed by atoms with Crippen LogP contribution in [0.5, 0.6) is 5.75 Å². The number of rotatable bonds is 3. The summed E-state index contributed by atoms with van der Waals surface area (Å²) < 4.78 is 49.6. The summed E-state index contributed by atoms with van der Waals surface area (Å²) >= 11 is 0. The molecule has 1 aromatic carbocycles. The molecule has 1 fully saturated rings. The van der Waals surface area contributed by atoms with Crippen molar-refractivity contribution in [1.29, 1.82) is 5.26 Å². The maximum absolute atomic E-state index is 13.0. The van der Waals surface area contributed by atoms with E-state index in [1.54, 1.807) is 6.07 Å². The largest absolute Gasteiger partial charge is 0.490 e. The second-order valence-corrected chi connectivity index (χ2v) is 4.89. The molecular weight excluding hydrogens is 285 g/mol. The first-order chi connectivity index (χ1) is 9.90. The molecule has 2 rings (SSSR count). The molecule has 0 N–H and O–H groups in total. The van der Waals surface area contributed by atoms with E-state index in [0.717, 1.165) is 12.6 Å². The van der Waals surface area contributed by atoms with Gasteiger partial charge in [-0.05, 0) is 25.2 Å². The zero-order valence-electron chi connectivity index (χ0n) is 11.5. The van der Waals surface area contributed by atoms with E-state index < -0.39 is 11.7 Å². The lowest BCUT2D eigenvalue weighted by molar-refractivity contribution is -0.139. The van der Waals surface area contributed by atoms with Crippen LogP contribution < -0.4 is 4.74 Å². The van der Waals surface area contributed by atoms with E-state index in [1.807, 2.05) is 11.9 Å². The predicted octanol–water partition coefficient (Wildman–Crippen LogP) is 2.29. The zero-order valence-corrected chi connectivity index (χ0v) is 11.5. The van der Waals surface area contributed by atoms with E-state index in [4.69, 9.17) is 14.7 Å². The Morgan fingerprint density at radius 1 is 1.48 bits per heavy atom. The van der Waals surface area contributed by atoms with Crippen molar-refractivity contribution in [2.24, 2.45) is 0 Å². The summed E-state index contributed by atoms with van der Waals surface area (Å²) in [6.07, 6.45) is -4.83. The van der Waals surface area contributed by atoms with Crippen LogP contribution in [-0.2, 0) is 10.9 Å². The highest BCUT2D eigenvalue weighted by molar-refractivity contribution is 5.43. The standard InChI is InChI=1S/C14H15F3N2O2/c1-19-4-5-20-11(8-19)9-21-13-3-2-10(7-18)6-12(13)14(15,16)17/h2-3,6,11H,4-5,8-9H2,1H3. The highest BCUT2D eigenvalue weighted by Gasteiger charge is 2.35. The van der Waals surface area contributed by atoms with Gasteiger partial charge in [0.25, 0.3) is 0 Å². The normalized spacial score (nSPS) is 20.0. The van der Waals surface area contributed by atoms with Crippen molar-refractivity contribution in [1.82, 2.24) is 4.90 Å². The van der Waals surface area contributed by atoms with Gasteiger partial charge in [0.05, 0.1) is 23.8 Å². The van der Waals surface area contributed by atoms with Crippen LogP contribution in [0.25, 0.3) is 0 Å². The molecule has 1 saturated heterocycles. The molecule has 0 bridgehead atoms. The van der Waals surface area contributed by atoms with Crippen LogP contribution in [0, 0.1) is 11.3 Å². The van der Waals surface area contributed by atoms with E-state index in [2.05, 4.69) is 0 Å². The highest BCUT2D eigenvalue weighted by atomic mass is 19.4. The van der Waals surface area contributed by atoms with Gasteiger partial charge in [0.1, 0.15) is 18.5 Å². The summed E-state index contributed by atoms with van der Waals surface area (Å²) in [6.45, 7) is 1.97. The molecule has 114 valence electrons. The van der Waals surface area contributed by atoms with E-state index in [0.29, 0.717) is 13.2 Å². The number of ether oxygens (including phenoxy) is 2. The molecule has 1 aliphatic heterocycles. The number of likely N-dealkylation sites (N-methyl/N-ethyl adjacent to an activating group) is 1. The van der Waals surface area contributed by atoms with Crippen LogP contribution in [0.4, 0.5) is 13.2 Å². The number of benzene rings is 1. The SMILES string of the molecule is CN1CCOC(COc2ccc(C#N)cc2C(F)(F)F)C1. The molecule has 0 radical (unpaired) electrons. The van der Waals surface area contributed by atoms with Gasteiger partial charge in [-0.3, -0.25) is 0 Å². The fourth-order valence-corrected chi connectivity index (χ4v) is 2.10. The fraction of sp³-hybridized carbons (Fsp3) is 0.500. The third kappa shape index (κ3) is 4.09. The molecule has 21 heavy (non-hydrogen) atoms. The second kappa shape index (κ2) is 6.33. The number of hydrogen-bond acceptors (Lipinski definition) is 4. The minimum atomic E-state index is -4.56. The number of nitrogens with zero attached hydrogens (tertiary/aromatic N) is 2. The van der Waals surface area contributed by atoms with Crippen LogP contribution >= 0.6 is 0 Å². The first kappa shape index (κ1) is 15.6. The van der Waals surface area contributed by atoms with Gasteiger partial charge in [-0.1, -0.05) is 0 Å². The van der Waals surface area contributed by atoms with Crippen molar-refractivity contribution >= 4 is 0 Å². The van der Waals surface area contributed by atoms with Gasteiger partial charge in [0.2, 0.25) is 0 Å². The maximum atomic E-state index is 13.0. The van der Waals surface area contributed by atoms with Crippen LogP contribution in [0.3, 0.4) is 0 Å². The third-order valence-electron chi connectivity index (χ3n) is 3.18. The molecule has 1 aromatic rings. The smallest absolute Gasteiger partial charge is 0.420 e. The van der Waals surface area contributed by atoms with Gasteiger partial charge in [-0.15, -0.1) is 0 Å². The summed E-state index contributed by atoms with van der Waals surface area (Å²) in [5.41, 5.74) is -0.992. The van der Waals surface area contributed by atoms with Crippen molar-refractivity contribution in [3.8, 4) is 11.8 Å². The van der Waals surface area contributed by atoms with Crippen molar-refractivity contribution in [3.05, 3.63) is 29.3 Å². The molecule has 7 heteroatoms. The molecule has 1 unspecified atom stereocenters. The Morgan fingerprint density at radius 2 is 2.24 bits per heavy atom. The number of halogens is 3. The topological polar surface area (TPSA) is 45.5 Å². The monoisotopic (exact) mass is 300 g/mol. The van der Waals surface area contributed by atoms with Gasteiger partial charge in [0.15, 0.2) is 0 Å². The molecule has 0 spiro atoms. The summed E-state index contributed by atoms with van der Waals surface area (Å²) in [5.74, 6) is -0.279. The Balaban J connectivity index is 2.10. The molecule has 1 heterocycles. The Labute approximate surface area is 120 Å². The minimum absolute atomic E-state index is 0.0410. The van der Waals surface area contributed by atoms with Gasteiger partial charge >= 0.3 is 6.18 Å². The van der Waals surface area contributed by atoms with Crippen molar-refractivity contribution < 1.29 is 22.6 Å². The fourth-order valence-electron chi connectivity index (χ4n) is 2.10. The average Bonchev–Trinajstić information content (AvgIpc) is 2.44. The Kier molecular flexibility index (Phi) is 4.70. The van der Waals surface area contributed by atoms with Gasteiger partial charge in [0, 0.05) is 13.1 Å². The van der Waals surface area contributed by atoms with Crippen molar-refractivity contribution in [2.45, 2.75) is 12.3 Å². The summed E-state index contributed by atoms with van der Waals surface area (Å²) in [5, 5.41) is 8.70. The summed E-state index contributed by atoms with van der Waals surface area (Å²) in [6, 6.07) is 4.96. The van der Waals surface area contributed by atoms with Gasteiger partial charge in [-0.25, -0.2) is 0 Å². The quantitative estimate of drug-likeness (QED) is 0.859. The molecule has 0 aliphatic carbocycles.